The molecular weight excluding hydrogens is 386 g/mol. The number of amides is 2. The summed E-state index contributed by atoms with van der Waals surface area (Å²) in [5.74, 6) is 0.194. The summed E-state index contributed by atoms with van der Waals surface area (Å²) in [6, 6.07) is 5.87. The fourth-order valence-corrected chi connectivity index (χ4v) is 4.87. The molecule has 2 fully saturated rings. The van der Waals surface area contributed by atoms with Gasteiger partial charge < -0.3 is 9.64 Å². The molecule has 3 aliphatic rings. The van der Waals surface area contributed by atoms with Gasteiger partial charge in [0.1, 0.15) is 5.70 Å². The molecule has 1 aromatic rings. The summed E-state index contributed by atoms with van der Waals surface area (Å²) < 4.78 is 5.66. The number of nitro benzene ring substituents is 1. The number of hydrogen-bond acceptors (Lipinski definition) is 6. The fourth-order valence-electron chi connectivity index (χ4n) is 4.87. The number of benzene rings is 1. The van der Waals surface area contributed by atoms with Crippen LogP contribution in [0, 0.1) is 22.0 Å². The SMILES string of the molecule is CC1CC(C)CN(C2=C(c3ccc([N+](=O)[O-])cc3)C(=O)N(CC3CCCO3)C2=O)C1. The van der Waals surface area contributed by atoms with Crippen molar-refractivity contribution in [3.8, 4) is 0 Å². The molecule has 3 aliphatic heterocycles. The first-order valence-electron chi connectivity index (χ1n) is 10.6. The molecule has 2 saturated heterocycles. The Morgan fingerprint density at radius 2 is 1.77 bits per heavy atom. The zero-order chi connectivity index (χ0) is 21.4. The lowest BCUT2D eigenvalue weighted by Gasteiger charge is -2.37. The zero-order valence-corrected chi connectivity index (χ0v) is 17.4. The Morgan fingerprint density at radius 3 is 2.33 bits per heavy atom. The lowest BCUT2D eigenvalue weighted by molar-refractivity contribution is -0.384. The van der Waals surface area contributed by atoms with E-state index in [2.05, 4.69) is 13.8 Å². The van der Waals surface area contributed by atoms with Crippen LogP contribution >= 0.6 is 0 Å². The van der Waals surface area contributed by atoms with E-state index in [0.717, 1.165) is 19.3 Å². The summed E-state index contributed by atoms with van der Waals surface area (Å²) >= 11 is 0. The largest absolute Gasteiger partial charge is 0.376 e. The number of piperidine rings is 1. The van der Waals surface area contributed by atoms with Gasteiger partial charge in [0.15, 0.2) is 0 Å². The van der Waals surface area contributed by atoms with Gasteiger partial charge in [0.2, 0.25) is 0 Å². The van der Waals surface area contributed by atoms with Crippen molar-refractivity contribution in [2.75, 3.05) is 26.2 Å². The van der Waals surface area contributed by atoms with Crippen molar-refractivity contribution < 1.29 is 19.2 Å². The smallest absolute Gasteiger partial charge is 0.277 e. The summed E-state index contributed by atoms with van der Waals surface area (Å²) in [6.07, 6.45) is 2.71. The molecule has 8 heteroatoms. The van der Waals surface area contributed by atoms with Crippen LogP contribution in [-0.4, -0.2) is 58.9 Å². The Labute approximate surface area is 175 Å². The third-order valence-electron chi connectivity index (χ3n) is 6.11. The first-order chi connectivity index (χ1) is 14.3. The highest BCUT2D eigenvalue weighted by Gasteiger charge is 2.44. The molecule has 0 spiro atoms. The Bertz CT molecular complexity index is 879. The van der Waals surface area contributed by atoms with Crippen LogP contribution in [0.5, 0.6) is 0 Å². The average molecular weight is 413 g/mol. The van der Waals surface area contributed by atoms with E-state index >= 15 is 0 Å². The molecule has 0 aromatic heterocycles. The number of hydrogen-bond donors (Lipinski definition) is 0. The number of nitro groups is 1. The molecule has 8 nitrogen and oxygen atoms in total. The van der Waals surface area contributed by atoms with Crippen molar-refractivity contribution >= 4 is 23.1 Å². The monoisotopic (exact) mass is 413 g/mol. The number of rotatable bonds is 5. The summed E-state index contributed by atoms with van der Waals surface area (Å²) in [5.41, 5.74) is 1.25. The highest BCUT2D eigenvalue weighted by atomic mass is 16.6. The van der Waals surface area contributed by atoms with Crippen molar-refractivity contribution in [3.63, 3.8) is 0 Å². The van der Waals surface area contributed by atoms with Crippen LogP contribution in [0.2, 0.25) is 0 Å². The van der Waals surface area contributed by atoms with E-state index < -0.39 is 4.92 Å². The second-order valence-electron chi connectivity index (χ2n) is 8.73. The first kappa shape index (κ1) is 20.5. The Balaban J connectivity index is 1.72. The molecule has 3 heterocycles. The van der Waals surface area contributed by atoms with Crippen molar-refractivity contribution in [3.05, 3.63) is 45.6 Å². The van der Waals surface area contributed by atoms with Crippen LogP contribution in [0.1, 0.15) is 38.7 Å². The van der Waals surface area contributed by atoms with Crippen molar-refractivity contribution in [2.24, 2.45) is 11.8 Å². The predicted octanol–water partition coefficient (Wildman–Crippen LogP) is 2.83. The summed E-state index contributed by atoms with van der Waals surface area (Å²) in [6.45, 7) is 6.63. The number of non-ortho nitro benzene ring substituents is 1. The molecule has 0 N–H and O–H groups in total. The molecule has 0 bridgehead atoms. The van der Waals surface area contributed by atoms with Gasteiger partial charge >= 0.3 is 0 Å². The summed E-state index contributed by atoms with van der Waals surface area (Å²) in [5, 5.41) is 11.0. The minimum Gasteiger partial charge on any atom is -0.376 e. The minimum atomic E-state index is -0.474. The van der Waals surface area contributed by atoms with Crippen LogP contribution in [-0.2, 0) is 14.3 Å². The molecule has 0 radical (unpaired) electrons. The van der Waals surface area contributed by atoms with E-state index in [0.29, 0.717) is 48.4 Å². The number of carbonyl (C=O) groups is 2. The van der Waals surface area contributed by atoms with Crippen LogP contribution in [0.15, 0.2) is 30.0 Å². The van der Waals surface area contributed by atoms with Gasteiger partial charge in [0, 0.05) is 31.8 Å². The van der Waals surface area contributed by atoms with Gasteiger partial charge in [-0.25, -0.2) is 0 Å². The van der Waals surface area contributed by atoms with E-state index in [-0.39, 0.29) is 30.2 Å². The third kappa shape index (κ3) is 3.84. The van der Waals surface area contributed by atoms with Crippen molar-refractivity contribution in [1.29, 1.82) is 0 Å². The molecule has 0 aliphatic carbocycles. The van der Waals surface area contributed by atoms with Crippen molar-refractivity contribution in [2.45, 2.75) is 39.2 Å². The van der Waals surface area contributed by atoms with Crippen LogP contribution in [0.25, 0.3) is 5.57 Å². The molecule has 4 rings (SSSR count). The standard InChI is InChI=1S/C22H27N3O5/c1-14-10-15(2)12-23(11-14)20-19(16-5-7-17(8-6-16)25(28)29)21(26)24(22(20)27)13-18-4-3-9-30-18/h5-8,14-15,18H,3-4,9-13H2,1-2H3. The molecular formula is C22H27N3O5. The number of nitrogens with zero attached hydrogens (tertiary/aromatic N) is 3. The average Bonchev–Trinajstić information content (AvgIpc) is 3.29. The summed E-state index contributed by atoms with van der Waals surface area (Å²) in [4.78, 5) is 40.7. The fraction of sp³-hybridized carbons (Fsp3) is 0.545. The maximum absolute atomic E-state index is 13.4. The molecule has 2 amide bonds. The quantitative estimate of drug-likeness (QED) is 0.419. The second-order valence-corrected chi connectivity index (χ2v) is 8.73. The highest BCUT2D eigenvalue weighted by molar-refractivity contribution is 6.35. The molecule has 160 valence electrons. The van der Waals surface area contributed by atoms with E-state index in [4.69, 9.17) is 4.74 Å². The normalized spacial score (nSPS) is 27.3. The van der Waals surface area contributed by atoms with Gasteiger partial charge in [-0.05, 0) is 48.8 Å². The number of imide groups is 1. The van der Waals surface area contributed by atoms with Gasteiger partial charge in [-0.2, -0.15) is 0 Å². The number of carbonyl (C=O) groups excluding carboxylic acids is 2. The Morgan fingerprint density at radius 1 is 1.10 bits per heavy atom. The first-order valence-corrected chi connectivity index (χ1v) is 10.6. The highest BCUT2D eigenvalue weighted by Crippen LogP contribution is 2.36. The van der Waals surface area contributed by atoms with E-state index in [1.807, 2.05) is 4.90 Å². The lowest BCUT2D eigenvalue weighted by Crippen LogP contribution is -2.43. The second kappa shape index (κ2) is 8.18. The van der Waals surface area contributed by atoms with Crippen molar-refractivity contribution in [1.82, 2.24) is 9.80 Å². The molecule has 3 unspecified atom stereocenters. The maximum atomic E-state index is 13.4. The molecule has 1 aromatic carbocycles. The topological polar surface area (TPSA) is 93.0 Å². The van der Waals surface area contributed by atoms with Gasteiger partial charge in [0.25, 0.3) is 17.5 Å². The zero-order valence-electron chi connectivity index (χ0n) is 17.4. The minimum absolute atomic E-state index is 0.0471. The lowest BCUT2D eigenvalue weighted by atomic mass is 9.91. The molecule has 3 atom stereocenters. The summed E-state index contributed by atoms with van der Waals surface area (Å²) in [7, 11) is 0. The van der Waals surface area contributed by atoms with Gasteiger partial charge in [-0.3, -0.25) is 24.6 Å². The molecule has 0 saturated carbocycles. The number of ether oxygens (including phenoxy) is 1. The van der Waals surface area contributed by atoms with E-state index in [1.54, 1.807) is 12.1 Å². The Hall–Kier alpha value is -2.74. The van der Waals surface area contributed by atoms with Crippen LogP contribution < -0.4 is 0 Å². The van der Waals surface area contributed by atoms with Gasteiger partial charge in [0.05, 0.1) is 23.1 Å². The third-order valence-corrected chi connectivity index (χ3v) is 6.11. The van der Waals surface area contributed by atoms with E-state index in [9.17, 15) is 19.7 Å². The Kier molecular flexibility index (Phi) is 5.60. The predicted molar refractivity (Wildman–Crippen MR) is 110 cm³/mol. The van der Waals surface area contributed by atoms with Crippen LogP contribution in [0.3, 0.4) is 0 Å². The van der Waals surface area contributed by atoms with Gasteiger partial charge in [-0.1, -0.05) is 13.8 Å². The van der Waals surface area contributed by atoms with Crippen LogP contribution in [0.4, 0.5) is 5.69 Å². The molecule has 30 heavy (non-hydrogen) atoms. The maximum Gasteiger partial charge on any atom is 0.277 e. The number of likely N-dealkylation sites (tertiary alicyclic amines) is 1. The van der Waals surface area contributed by atoms with Gasteiger partial charge in [-0.15, -0.1) is 0 Å². The van der Waals surface area contributed by atoms with E-state index in [1.165, 1.54) is 17.0 Å².